The summed E-state index contributed by atoms with van der Waals surface area (Å²) in [7, 11) is 1.81. The lowest BCUT2D eigenvalue weighted by Crippen LogP contribution is -1.95. The fraction of sp³-hybridized carbons (Fsp3) is 0.105. The molecule has 3 rings (SSSR count). The number of allylic oxidation sites excluding steroid dienone is 1. The maximum atomic E-state index is 5.43. The minimum absolute atomic E-state index is 0.478. The van der Waals surface area contributed by atoms with Crippen LogP contribution in [-0.4, -0.2) is 22.2 Å². The number of aromatic nitrogens is 3. The van der Waals surface area contributed by atoms with Gasteiger partial charge in [-0.2, -0.15) is 4.98 Å². The minimum Gasteiger partial charge on any atom is -0.373 e. The van der Waals surface area contributed by atoms with Crippen molar-refractivity contribution in [3.05, 3.63) is 66.2 Å². The first-order valence-corrected chi connectivity index (χ1v) is 8.66. The number of benzene rings is 1. The molecule has 2 aromatic heterocycles. The lowest BCUT2D eigenvalue weighted by atomic mass is 10.1. The molecule has 0 spiro atoms. The fourth-order valence-corrected chi connectivity index (χ4v) is 2.99. The van der Waals surface area contributed by atoms with E-state index in [-0.39, 0.29) is 0 Å². The molecule has 0 aliphatic heterocycles. The van der Waals surface area contributed by atoms with E-state index in [4.69, 9.17) is 4.52 Å². The van der Waals surface area contributed by atoms with Crippen LogP contribution in [0, 0.1) is 0 Å². The van der Waals surface area contributed by atoms with Crippen molar-refractivity contribution in [3.63, 3.8) is 0 Å². The molecule has 0 atom stereocenters. The predicted octanol–water partition coefficient (Wildman–Crippen LogP) is 5.08. The van der Waals surface area contributed by atoms with Gasteiger partial charge in [0.05, 0.1) is 5.56 Å². The highest BCUT2D eigenvalue weighted by Gasteiger charge is 2.14. The molecule has 1 N–H and O–H groups in total. The molecule has 126 valence electrons. The minimum atomic E-state index is 0.478. The average Bonchev–Trinajstić information content (AvgIpc) is 3.16. The van der Waals surface area contributed by atoms with Crippen LogP contribution in [0.1, 0.15) is 12.5 Å². The Kier molecular flexibility index (Phi) is 5.30. The SMILES string of the molecule is C=CS/C(=C\C)c1ccc(-c2nc(-c3cccnc3NC)no2)cc1. The number of nitrogens with zero attached hydrogens (tertiary/aromatic N) is 3. The van der Waals surface area contributed by atoms with E-state index in [0.29, 0.717) is 17.5 Å². The van der Waals surface area contributed by atoms with Crippen LogP contribution in [0.25, 0.3) is 27.7 Å². The number of nitrogens with one attached hydrogen (secondary N) is 1. The maximum Gasteiger partial charge on any atom is 0.258 e. The van der Waals surface area contributed by atoms with Gasteiger partial charge in [-0.3, -0.25) is 0 Å². The summed E-state index contributed by atoms with van der Waals surface area (Å²) in [5.74, 6) is 1.70. The molecule has 0 aliphatic rings. The Labute approximate surface area is 150 Å². The van der Waals surface area contributed by atoms with Crippen molar-refractivity contribution in [1.29, 1.82) is 0 Å². The monoisotopic (exact) mass is 350 g/mol. The Morgan fingerprint density at radius 3 is 2.72 bits per heavy atom. The molecule has 5 nitrogen and oxygen atoms in total. The highest BCUT2D eigenvalue weighted by molar-refractivity contribution is 8.10. The number of anilines is 1. The number of hydrogen-bond donors (Lipinski definition) is 1. The Hall–Kier alpha value is -2.86. The van der Waals surface area contributed by atoms with E-state index >= 15 is 0 Å². The molecular formula is C19H18N4OS. The van der Waals surface area contributed by atoms with E-state index in [1.54, 1.807) is 18.0 Å². The third-order valence-electron chi connectivity index (χ3n) is 3.60. The Morgan fingerprint density at radius 1 is 1.24 bits per heavy atom. The zero-order chi connectivity index (χ0) is 17.6. The van der Waals surface area contributed by atoms with Crippen LogP contribution in [-0.2, 0) is 0 Å². The molecule has 0 saturated heterocycles. The molecule has 0 aliphatic carbocycles. The second-order valence-corrected chi connectivity index (χ2v) is 6.10. The van der Waals surface area contributed by atoms with E-state index in [2.05, 4.69) is 33.1 Å². The van der Waals surface area contributed by atoms with Gasteiger partial charge in [-0.05, 0) is 42.2 Å². The summed E-state index contributed by atoms with van der Waals surface area (Å²) in [5.41, 5.74) is 2.80. The van der Waals surface area contributed by atoms with Gasteiger partial charge in [0.15, 0.2) is 0 Å². The second kappa shape index (κ2) is 7.81. The van der Waals surface area contributed by atoms with Gasteiger partial charge in [0.1, 0.15) is 5.82 Å². The zero-order valence-corrected chi connectivity index (χ0v) is 14.9. The molecule has 0 bridgehead atoms. The molecule has 0 amide bonds. The van der Waals surface area contributed by atoms with E-state index in [0.717, 1.165) is 21.6 Å². The molecular weight excluding hydrogens is 332 g/mol. The lowest BCUT2D eigenvalue weighted by molar-refractivity contribution is 0.432. The number of rotatable bonds is 6. The third-order valence-corrected chi connectivity index (χ3v) is 4.49. The number of thioether (sulfide) groups is 1. The van der Waals surface area contributed by atoms with Crippen molar-refractivity contribution < 1.29 is 4.52 Å². The third kappa shape index (κ3) is 3.64. The van der Waals surface area contributed by atoms with Crippen LogP contribution in [0.3, 0.4) is 0 Å². The number of hydrogen-bond acceptors (Lipinski definition) is 6. The smallest absolute Gasteiger partial charge is 0.258 e. The molecule has 0 radical (unpaired) electrons. The Morgan fingerprint density at radius 2 is 2.04 bits per heavy atom. The van der Waals surface area contributed by atoms with Crippen molar-refractivity contribution in [2.45, 2.75) is 6.92 Å². The van der Waals surface area contributed by atoms with Crippen LogP contribution in [0.2, 0.25) is 0 Å². The molecule has 6 heteroatoms. The van der Waals surface area contributed by atoms with Crippen molar-refractivity contribution >= 4 is 22.5 Å². The molecule has 0 fully saturated rings. The predicted molar refractivity (Wildman–Crippen MR) is 104 cm³/mol. The van der Waals surface area contributed by atoms with Crippen LogP contribution in [0.4, 0.5) is 5.82 Å². The van der Waals surface area contributed by atoms with Crippen molar-refractivity contribution in [2.24, 2.45) is 0 Å². The summed E-state index contributed by atoms with van der Waals surface area (Å²) in [6, 6.07) is 11.8. The van der Waals surface area contributed by atoms with Crippen molar-refractivity contribution in [3.8, 4) is 22.8 Å². The number of pyridine rings is 1. The van der Waals surface area contributed by atoms with Crippen LogP contribution < -0.4 is 5.32 Å². The standard InChI is InChI=1S/C19H18N4OS/c1-4-16(25-5-2)13-8-10-14(11-9-13)19-22-18(23-24-19)15-7-6-12-21-17(15)20-3/h4-12H,2H2,1,3H3,(H,20,21)/b16-4-. The van der Waals surface area contributed by atoms with Gasteiger partial charge in [0.2, 0.25) is 5.82 Å². The van der Waals surface area contributed by atoms with Crippen LogP contribution >= 0.6 is 11.8 Å². The molecule has 0 unspecified atom stereocenters. The van der Waals surface area contributed by atoms with Crippen molar-refractivity contribution in [2.75, 3.05) is 12.4 Å². The van der Waals surface area contributed by atoms with Gasteiger partial charge in [-0.25, -0.2) is 4.98 Å². The van der Waals surface area contributed by atoms with Gasteiger partial charge in [-0.15, -0.1) is 0 Å². The highest BCUT2D eigenvalue weighted by atomic mass is 32.2. The van der Waals surface area contributed by atoms with E-state index in [1.165, 1.54) is 0 Å². The summed E-state index contributed by atoms with van der Waals surface area (Å²) in [4.78, 5) is 9.92. The summed E-state index contributed by atoms with van der Waals surface area (Å²) in [6.45, 7) is 5.77. The van der Waals surface area contributed by atoms with Crippen LogP contribution in [0.15, 0.2) is 65.2 Å². The molecule has 0 saturated carbocycles. The van der Waals surface area contributed by atoms with Crippen LogP contribution in [0.5, 0.6) is 0 Å². The van der Waals surface area contributed by atoms with E-state index < -0.39 is 0 Å². The van der Waals surface area contributed by atoms with Gasteiger partial charge < -0.3 is 9.84 Å². The first-order valence-electron chi connectivity index (χ1n) is 7.78. The average molecular weight is 350 g/mol. The van der Waals surface area contributed by atoms with Gasteiger partial charge >= 0.3 is 0 Å². The quantitative estimate of drug-likeness (QED) is 0.669. The van der Waals surface area contributed by atoms with Gasteiger partial charge in [0, 0.05) is 23.7 Å². The summed E-state index contributed by atoms with van der Waals surface area (Å²) in [5, 5.41) is 8.93. The van der Waals surface area contributed by atoms with E-state index in [9.17, 15) is 0 Å². The molecule has 2 heterocycles. The highest BCUT2D eigenvalue weighted by Crippen LogP contribution is 2.30. The summed E-state index contributed by atoms with van der Waals surface area (Å²) >= 11 is 1.60. The van der Waals surface area contributed by atoms with Crippen molar-refractivity contribution in [1.82, 2.24) is 15.1 Å². The Bertz CT molecular complexity index is 900. The fourth-order valence-electron chi connectivity index (χ4n) is 2.40. The topological polar surface area (TPSA) is 63.8 Å². The summed E-state index contributed by atoms with van der Waals surface area (Å²) < 4.78 is 5.43. The van der Waals surface area contributed by atoms with E-state index in [1.807, 2.05) is 55.8 Å². The lowest BCUT2D eigenvalue weighted by Gasteiger charge is -2.04. The summed E-state index contributed by atoms with van der Waals surface area (Å²) in [6.07, 6.45) is 3.78. The van der Waals surface area contributed by atoms with Gasteiger partial charge in [0.25, 0.3) is 5.89 Å². The van der Waals surface area contributed by atoms with Gasteiger partial charge in [-0.1, -0.05) is 41.7 Å². The molecule has 25 heavy (non-hydrogen) atoms. The molecule has 3 aromatic rings. The first kappa shape index (κ1) is 17.0. The maximum absolute atomic E-state index is 5.43. The Balaban J connectivity index is 1.89. The molecule has 1 aromatic carbocycles. The first-order chi connectivity index (χ1) is 12.3. The zero-order valence-electron chi connectivity index (χ0n) is 14.1. The normalized spacial score (nSPS) is 11.4. The second-order valence-electron chi connectivity index (χ2n) is 5.09. The largest absolute Gasteiger partial charge is 0.373 e.